The molecule has 0 saturated carbocycles. The van der Waals surface area contributed by atoms with Crippen molar-refractivity contribution in [3.63, 3.8) is 0 Å². The summed E-state index contributed by atoms with van der Waals surface area (Å²) in [5, 5.41) is 13.4. The molecular formula is C15H16BrFN2O5. The van der Waals surface area contributed by atoms with E-state index in [-0.39, 0.29) is 47.9 Å². The van der Waals surface area contributed by atoms with E-state index in [9.17, 15) is 14.3 Å². The first-order valence-corrected chi connectivity index (χ1v) is 8.14. The molecule has 0 radical (unpaired) electrons. The van der Waals surface area contributed by atoms with Crippen LogP contribution < -0.4 is 9.47 Å². The number of aliphatic hydroxyl groups excluding tert-OH is 1. The summed E-state index contributed by atoms with van der Waals surface area (Å²) in [7, 11) is 1.41. The highest BCUT2D eigenvalue weighted by Crippen LogP contribution is 2.42. The van der Waals surface area contributed by atoms with Crippen molar-refractivity contribution in [1.82, 2.24) is 4.90 Å². The van der Waals surface area contributed by atoms with Crippen LogP contribution in [-0.2, 0) is 4.84 Å². The number of carbonyl (C=O) groups is 1. The molecule has 0 unspecified atom stereocenters. The maximum absolute atomic E-state index is 14.1. The molecule has 2 aliphatic rings. The van der Waals surface area contributed by atoms with Gasteiger partial charge in [0.25, 0.3) is 5.91 Å². The summed E-state index contributed by atoms with van der Waals surface area (Å²) in [6.45, 7) is 0.514. The molecule has 24 heavy (non-hydrogen) atoms. The maximum Gasteiger partial charge on any atom is 0.258 e. The van der Waals surface area contributed by atoms with Gasteiger partial charge in [-0.15, -0.1) is 0 Å². The molecule has 0 spiro atoms. The molecule has 1 fully saturated rings. The predicted octanol–water partition coefficient (Wildman–Crippen LogP) is 1.57. The summed E-state index contributed by atoms with van der Waals surface area (Å²) >= 11 is 3.11. The quantitative estimate of drug-likeness (QED) is 0.776. The van der Waals surface area contributed by atoms with Crippen LogP contribution in [0.3, 0.4) is 0 Å². The Morgan fingerprint density at radius 1 is 1.50 bits per heavy atom. The van der Waals surface area contributed by atoms with E-state index in [0.29, 0.717) is 12.1 Å². The molecule has 1 N–H and O–H groups in total. The Balaban J connectivity index is 1.98. The third-order valence-electron chi connectivity index (χ3n) is 3.89. The molecule has 1 amide bonds. The number of likely N-dealkylation sites (tertiary alicyclic amines) is 1. The normalized spacial score (nSPS) is 21.2. The Hall–Kier alpha value is -1.87. The summed E-state index contributed by atoms with van der Waals surface area (Å²) < 4.78 is 25.2. The Morgan fingerprint density at radius 2 is 2.21 bits per heavy atom. The number of ether oxygens (including phenoxy) is 2. The molecule has 0 aliphatic carbocycles. The number of rotatable bonds is 3. The Bertz CT molecular complexity index is 697. The first-order chi connectivity index (χ1) is 11.6. The minimum atomic E-state index is -0.617. The summed E-state index contributed by atoms with van der Waals surface area (Å²) in [5.41, 5.74) is 0.691. The third-order valence-corrected chi connectivity index (χ3v) is 4.63. The minimum absolute atomic E-state index is 0.0579. The summed E-state index contributed by atoms with van der Waals surface area (Å²) in [6.07, 6.45) is 0.397. The number of benzene rings is 1. The standard InChI is InChI=1S/C15H16BrFN2O5/c1-22-18-8-4-9(7-20)19(6-8)15(21)10-5-11(17)12(16)14-13(10)23-2-3-24-14/h5,9,20H,2-4,6-7H2,1H3/t9-/m0/s1. The lowest BCUT2D eigenvalue weighted by molar-refractivity contribution is 0.0669. The van der Waals surface area contributed by atoms with E-state index in [0.717, 1.165) is 6.07 Å². The second kappa shape index (κ2) is 6.94. The Morgan fingerprint density at radius 3 is 2.88 bits per heavy atom. The van der Waals surface area contributed by atoms with Gasteiger partial charge in [0.15, 0.2) is 11.5 Å². The van der Waals surface area contributed by atoms with Crippen molar-refractivity contribution < 1.29 is 28.6 Å². The van der Waals surface area contributed by atoms with Crippen molar-refractivity contribution in [1.29, 1.82) is 0 Å². The van der Waals surface area contributed by atoms with Crippen LogP contribution in [0.4, 0.5) is 4.39 Å². The molecule has 0 aromatic heterocycles. The summed E-state index contributed by atoms with van der Waals surface area (Å²) in [6, 6.07) is 0.665. The van der Waals surface area contributed by atoms with Gasteiger partial charge in [-0.2, -0.15) is 0 Å². The number of oxime groups is 1. The topological polar surface area (TPSA) is 80.6 Å². The lowest BCUT2D eigenvalue weighted by Gasteiger charge is -2.26. The van der Waals surface area contributed by atoms with E-state index >= 15 is 0 Å². The molecule has 1 aromatic rings. The second-order valence-corrected chi connectivity index (χ2v) is 6.18. The van der Waals surface area contributed by atoms with Crippen LogP contribution in [0.1, 0.15) is 16.8 Å². The average Bonchev–Trinajstić information content (AvgIpc) is 3.01. The fourth-order valence-corrected chi connectivity index (χ4v) is 3.24. The van der Waals surface area contributed by atoms with Gasteiger partial charge in [-0.3, -0.25) is 4.79 Å². The average molecular weight is 403 g/mol. The van der Waals surface area contributed by atoms with Gasteiger partial charge in [0.2, 0.25) is 0 Å². The predicted molar refractivity (Wildman–Crippen MR) is 86.1 cm³/mol. The lowest BCUT2D eigenvalue weighted by atomic mass is 10.1. The van der Waals surface area contributed by atoms with Gasteiger partial charge >= 0.3 is 0 Å². The fraction of sp³-hybridized carbons (Fsp3) is 0.467. The molecule has 7 nitrogen and oxygen atoms in total. The van der Waals surface area contributed by atoms with Crippen molar-refractivity contribution >= 4 is 27.5 Å². The van der Waals surface area contributed by atoms with Crippen LogP contribution >= 0.6 is 15.9 Å². The Labute approximate surface area is 146 Å². The smallest absolute Gasteiger partial charge is 0.258 e. The van der Waals surface area contributed by atoms with Gasteiger partial charge < -0.3 is 24.3 Å². The van der Waals surface area contributed by atoms with Gasteiger partial charge in [0, 0.05) is 6.42 Å². The zero-order valence-electron chi connectivity index (χ0n) is 12.9. The molecule has 0 bridgehead atoms. The number of halogens is 2. The van der Waals surface area contributed by atoms with E-state index in [1.165, 1.54) is 12.0 Å². The lowest BCUT2D eigenvalue weighted by Crippen LogP contribution is -2.38. The van der Waals surface area contributed by atoms with E-state index in [4.69, 9.17) is 14.3 Å². The van der Waals surface area contributed by atoms with Gasteiger partial charge in [-0.1, -0.05) is 5.16 Å². The van der Waals surface area contributed by atoms with Crippen LogP contribution in [-0.4, -0.2) is 61.1 Å². The monoisotopic (exact) mass is 402 g/mol. The van der Waals surface area contributed by atoms with Gasteiger partial charge in [-0.05, 0) is 22.0 Å². The van der Waals surface area contributed by atoms with Gasteiger partial charge in [-0.25, -0.2) is 4.39 Å². The first kappa shape index (κ1) is 17.0. The molecule has 9 heteroatoms. The van der Waals surface area contributed by atoms with Crippen molar-refractivity contribution in [2.24, 2.45) is 5.16 Å². The second-order valence-electron chi connectivity index (χ2n) is 5.39. The summed E-state index contributed by atoms with van der Waals surface area (Å²) in [4.78, 5) is 19.1. The third kappa shape index (κ3) is 2.93. The highest BCUT2D eigenvalue weighted by Gasteiger charge is 2.36. The van der Waals surface area contributed by atoms with Gasteiger partial charge in [0.05, 0.1) is 34.9 Å². The van der Waals surface area contributed by atoms with Crippen molar-refractivity contribution in [2.45, 2.75) is 12.5 Å². The Kier molecular flexibility index (Phi) is 4.91. The molecule has 3 rings (SSSR count). The zero-order chi connectivity index (χ0) is 17.3. The molecule has 1 aromatic carbocycles. The molecule has 130 valence electrons. The number of aliphatic hydroxyl groups is 1. The van der Waals surface area contributed by atoms with E-state index in [2.05, 4.69) is 21.1 Å². The number of carbonyl (C=O) groups excluding carboxylic acids is 1. The maximum atomic E-state index is 14.1. The van der Waals surface area contributed by atoms with Crippen LogP contribution in [0.15, 0.2) is 15.7 Å². The fourth-order valence-electron chi connectivity index (χ4n) is 2.83. The first-order valence-electron chi connectivity index (χ1n) is 7.35. The molecule has 1 saturated heterocycles. The molecule has 2 aliphatic heterocycles. The van der Waals surface area contributed by atoms with Crippen LogP contribution in [0.25, 0.3) is 0 Å². The zero-order valence-corrected chi connectivity index (χ0v) is 14.5. The van der Waals surface area contributed by atoms with E-state index in [1.807, 2.05) is 0 Å². The highest BCUT2D eigenvalue weighted by atomic mass is 79.9. The summed E-state index contributed by atoms with van der Waals surface area (Å²) in [5.74, 6) is -0.694. The largest absolute Gasteiger partial charge is 0.485 e. The highest BCUT2D eigenvalue weighted by molar-refractivity contribution is 9.10. The van der Waals surface area contributed by atoms with Gasteiger partial charge in [0.1, 0.15) is 26.1 Å². The molecular weight excluding hydrogens is 387 g/mol. The van der Waals surface area contributed by atoms with Crippen molar-refractivity contribution in [3.8, 4) is 11.5 Å². The van der Waals surface area contributed by atoms with Crippen LogP contribution in [0.5, 0.6) is 11.5 Å². The van der Waals surface area contributed by atoms with E-state index < -0.39 is 17.8 Å². The van der Waals surface area contributed by atoms with Crippen molar-refractivity contribution in [2.75, 3.05) is 33.5 Å². The van der Waals surface area contributed by atoms with Crippen LogP contribution in [0.2, 0.25) is 0 Å². The number of hydrogen-bond donors (Lipinski definition) is 1. The number of amides is 1. The van der Waals surface area contributed by atoms with Crippen molar-refractivity contribution in [3.05, 3.63) is 21.9 Å². The number of hydrogen-bond acceptors (Lipinski definition) is 6. The molecule has 1 atom stereocenters. The van der Waals surface area contributed by atoms with E-state index in [1.54, 1.807) is 0 Å². The van der Waals surface area contributed by atoms with Crippen LogP contribution in [0, 0.1) is 5.82 Å². The SMILES string of the molecule is CON=C1C[C@@H](CO)N(C(=O)c2cc(F)c(Br)c3c2OCCO3)C1. The number of fused-ring (bicyclic) bond motifs is 1. The molecule has 2 heterocycles. The number of nitrogens with zero attached hydrogens (tertiary/aromatic N) is 2. The minimum Gasteiger partial charge on any atom is -0.485 e.